The van der Waals surface area contributed by atoms with E-state index in [1.54, 1.807) is 0 Å². The Morgan fingerprint density at radius 2 is 1.38 bits per heavy atom. The molecule has 0 radical (unpaired) electrons. The Morgan fingerprint density at radius 1 is 0.738 bits per heavy atom. The molecule has 3 rings (SSSR count). The first-order valence-electron chi connectivity index (χ1n) is 14.2. The summed E-state index contributed by atoms with van der Waals surface area (Å²) < 4.78 is 23.3. The van der Waals surface area contributed by atoms with Crippen molar-refractivity contribution in [3.8, 4) is 0 Å². The third-order valence-electron chi connectivity index (χ3n) is 8.03. The fourth-order valence-corrected chi connectivity index (χ4v) is 5.46. The first kappa shape index (κ1) is 35.8. The van der Waals surface area contributed by atoms with E-state index in [-0.39, 0.29) is 19.6 Å². The first-order valence-corrected chi connectivity index (χ1v) is 14.2. The van der Waals surface area contributed by atoms with Gasteiger partial charge in [0.25, 0.3) is 0 Å². The average Bonchev–Trinajstić information content (AvgIpc) is 2.98. The highest BCUT2D eigenvalue weighted by Gasteiger charge is 2.52. The molecule has 0 bridgehead atoms. The molecule has 2 saturated heterocycles. The third-order valence-corrected chi connectivity index (χ3v) is 8.03. The van der Waals surface area contributed by atoms with Crippen LogP contribution in [-0.2, 0) is 18.9 Å². The van der Waals surface area contributed by atoms with Crippen LogP contribution in [0.3, 0.4) is 0 Å². The van der Waals surface area contributed by atoms with Crippen molar-refractivity contribution in [2.45, 2.75) is 111 Å². The topological polar surface area (TPSA) is 321 Å². The lowest BCUT2D eigenvalue weighted by Crippen LogP contribution is -2.70. The van der Waals surface area contributed by atoms with Crippen molar-refractivity contribution >= 4 is 0 Å². The molecule has 2 heterocycles. The van der Waals surface area contributed by atoms with Crippen LogP contribution in [-0.4, -0.2) is 183 Å². The summed E-state index contributed by atoms with van der Waals surface area (Å²) in [4.78, 5) is 0. The SMILES string of the molecule is N[C@@H]1[C@@H](O)[C@@H](O[C@H]2[C@H](NC(CO)CO)C[C@H](N)C(O[C@H]3O[C@H](CNCCCO)[C@@H](O)[C@H](O)[C@H]3N)[C@@H]2O)O[C@H](CO)[C@H]1O. The van der Waals surface area contributed by atoms with E-state index in [2.05, 4.69) is 10.6 Å². The lowest BCUT2D eigenvalue weighted by Gasteiger charge is -2.49. The molecule has 0 aromatic carbocycles. The monoisotopic (exact) mass is 615 g/mol. The highest BCUT2D eigenvalue weighted by molar-refractivity contribution is 5.03. The van der Waals surface area contributed by atoms with Crippen LogP contribution in [0.25, 0.3) is 0 Å². The molecular formula is C24H49N5O13. The molecular weight excluding hydrogens is 566 g/mol. The molecule has 0 aromatic rings. The Bertz CT molecular complexity index is 789. The van der Waals surface area contributed by atoms with Gasteiger partial charge in [-0.3, -0.25) is 0 Å². The van der Waals surface area contributed by atoms with Crippen LogP contribution in [0.4, 0.5) is 0 Å². The lowest BCUT2D eigenvalue weighted by molar-refractivity contribution is -0.320. The minimum absolute atomic E-state index is 0.0374. The summed E-state index contributed by atoms with van der Waals surface area (Å²) in [6, 6.07) is -5.04. The zero-order chi connectivity index (χ0) is 31.1. The number of nitrogens with two attached hydrogens (primary N) is 3. The molecule has 3 fully saturated rings. The number of nitrogens with one attached hydrogen (secondary N) is 2. The van der Waals surface area contributed by atoms with Gasteiger partial charge in [-0.2, -0.15) is 0 Å². The molecule has 0 spiro atoms. The van der Waals surface area contributed by atoms with Crippen molar-refractivity contribution in [1.82, 2.24) is 10.6 Å². The average molecular weight is 616 g/mol. The van der Waals surface area contributed by atoms with E-state index in [9.17, 15) is 40.9 Å². The number of aliphatic hydroxyl groups is 9. The molecule has 1 unspecified atom stereocenters. The molecule has 15 atom stereocenters. The Balaban J connectivity index is 1.80. The van der Waals surface area contributed by atoms with Crippen molar-refractivity contribution < 1.29 is 64.9 Å². The minimum Gasteiger partial charge on any atom is -0.396 e. The van der Waals surface area contributed by atoms with Crippen molar-refractivity contribution in [1.29, 1.82) is 0 Å². The quantitative estimate of drug-likeness (QED) is 0.0806. The van der Waals surface area contributed by atoms with Crippen molar-refractivity contribution in [2.24, 2.45) is 17.2 Å². The molecule has 42 heavy (non-hydrogen) atoms. The summed E-state index contributed by atoms with van der Waals surface area (Å²) in [6.07, 6.45) is -14.3. The number of ether oxygens (including phenoxy) is 4. The van der Waals surface area contributed by atoms with Gasteiger partial charge in [-0.1, -0.05) is 0 Å². The molecule has 18 nitrogen and oxygen atoms in total. The van der Waals surface area contributed by atoms with E-state index >= 15 is 0 Å². The Labute approximate surface area is 243 Å². The third kappa shape index (κ3) is 8.30. The second-order valence-corrected chi connectivity index (χ2v) is 11.1. The number of rotatable bonds is 14. The van der Waals surface area contributed by atoms with Crippen LogP contribution in [0.5, 0.6) is 0 Å². The van der Waals surface area contributed by atoms with Crippen LogP contribution in [0.1, 0.15) is 12.8 Å². The van der Waals surface area contributed by atoms with E-state index in [0.29, 0.717) is 13.0 Å². The zero-order valence-electron chi connectivity index (χ0n) is 23.3. The standard InChI is InChI=1S/C24H49N5O13/c25-10-4-11(29-9(6-31)7-32)22(42-24-19(37)14(26)16(34)13(8-33)40-24)20(38)21(10)41-23-15(27)18(36)17(35)12(39-23)5-28-2-1-3-30/h9-24,28-38H,1-8,25-27H2/t10-,11+,12+,13+,14-,15+,16+,17+,18+,19+,20-,21?,22-,23+,24+/m0/s1. The maximum Gasteiger partial charge on any atom is 0.186 e. The molecule has 2 aliphatic heterocycles. The lowest BCUT2D eigenvalue weighted by atomic mass is 9.83. The maximum atomic E-state index is 11.5. The van der Waals surface area contributed by atoms with Gasteiger partial charge in [0.15, 0.2) is 12.6 Å². The van der Waals surface area contributed by atoms with Gasteiger partial charge in [-0.25, -0.2) is 0 Å². The summed E-state index contributed by atoms with van der Waals surface area (Å²) in [5.74, 6) is 0. The van der Waals surface area contributed by atoms with Crippen LogP contribution < -0.4 is 27.8 Å². The van der Waals surface area contributed by atoms with Gasteiger partial charge in [0.05, 0.1) is 37.9 Å². The summed E-state index contributed by atoms with van der Waals surface area (Å²) >= 11 is 0. The van der Waals surface area contributed by atoms with Gasteiger partial charge >= 0.3 is 0 Å². The first-order chi connectivity index (χ1) is 20.0. The van der Waals surface area contributed by atoms with Gasteiger partial charge < -0.3 is 92.7 Å². The Kier molecular flexibility index (Phi) is 14.1. The van der Waals surface area contributed by atoms with Gasteiger partial charge in [-0.05, 0) is 19.4 Å². The van der Waals surface area contributed by atoms with E-state index in [1.807, 2.05) is 0 Å². The van der Waals surface area contributed by atoms with E-state index in [4.69, 9.17) is 41.3 Å². The van der Waals surface area contributed by atoms with Crippen LogP contribution in [0.15, 0.2) is 0 Å². The van der Waals surface area contributed by atoms with Crippen LogP contribution in [0, 0.1) is 0 Å². The molecule has 18 heteroatoms. The fraction of sp³-hybridized carbons (Fsp3) is 1.00. The van der Waals surface area contributed by atoms with Gasteiger partial charge in [0.2, 0.25) is 0 Å². The van der Waals surface area contributed by atoms with Crippen molar-refractivity contribution in [2.75, 3.05) is 39.5 Å². The smallest absolute Gasteiger partial charge is 0.186 e. The number of aliphatic hydroxyl groups excluding tert-OH is 9. The summed E-state index contributed by atoms with van der Waals surface area (Å²) in [5, 5.41) is 97.1. The second-order valence-electron chi connectivity index (χ2n) is 11.1. The Morgan fingerprint density at radius 3 is 2.00 bits per heavy atom. The Hall–Kier alpha value is -0.720. The molecule has 248 valence electrons. The fourth-order valence-electron chi connectivity index (χ4n) is 5.46. The van der Waals surface area contributed by atoms with Crippen molar-refractivity contribution in [3.63, 3.8) is 0 Å². The number of hydrogen-bond donors (Lipinski definition) is 14. The molecule has 3 aliphatic rings. The molecule has 1 aliphatic carbocycles. The van der Waals surface area contributed by atoms with Gasteiger partial charge in [-0.15, -0.1) is 0 Å². The predicted octanol–water partition coefficient (Wildman–Crippen LogP) is -8.33. The van der Waals surface area contributed by atoms with Gasteiger partial charge in [0, 0.05) is 25.2 Å². The molecule has 0 aromatic heterocycles. The van der Waals surface area contributed by atoms with Crippen LogP contribution >= 0.6 is 0 Å². The summed E-state index contributed by atoms with van der Waals surface area (Å²) in [7, 11) is 0. The summed E-state index contributed by atoms with van der Waals surface area (Å²) in [6.45, 7) is -1.08. The molecule has 1 saturated carbocycles. The predicted molar refractivity (Wildman–Crippen MR) is 142 cm³/mol. The van der Waals surface area contributed by atoms with E-state index in [1.165, 1.54) is 0 Å². The highest BCUT2D eigenvalue weighted by atomic mass is 16.7. The number of hydrogen-bond acceptors (Lipinski definition) is 18. The zero-order valence-corrected chi connectivity index (χ0v) is 23.3. The normalized spacial score (nSPS) is 44.9. The maximum absolute atomic E-state index is 11.5. The summed E-state index contributed by atoms with van der Waals surface area (Å²) in [5.41, 5.74) is 18.4. The van der Waals surface area contributed by atoms with E-state index in [0.717, 1.165) is 0 Å². The minimum atomic E-state index is -1.57. The van der Waals surface area contributed by atoms with Crippen LogP contribution in [0.2, 0.25) is 0 Å². The second kappa shape index (κ2) is 16.5. The van der Waals surface area contributed by atoms with Crippen molar-refractivity contribution in [3.05, 3.63) is 0 Å². The van der Waals surface area contributed by atoms with Gasteiger partial charge in [0.1, 0.15) is 54.9 Å². The van der Waals surface area contributed by atoms with E-state index < -0.39 is 118 Å². The highest BCUT2D eigenvalue weighted by Crippen LogP contribution is 2.32. The molecule has 17 N–H and O–H groups in total. The molecule has 0 amide bonds. The largest absolute Gasteiger partial charge is 0.396 e.